The van der Waals surface area contributed by atoms with Crippen molar-refractivity contribution in [2.75, 3.05) is 26.3 Å². The van der Waals surface area contributed by atoms with E-state index >= 15 is 0 Å². The summed E-state index contributed by atoms with van der Waals surface area (Å²) in [7, 11) is 0. The molecule has 2 aliphatic carbocycles. The van der Waals surface area contributed by atoms with Gasteiger partial charge in [-0.3, -0.25) is 4.79 Å². The number of aromatic nitrogens is 4. The standard InChI is InChI=1S/C28H37N5O4/c1-2-3-17-37-24-23(27(36)32(15-16-34)19-20-8-9-20)30-22(31-26(24)35)18-28(11-4-5-12-28)33-14-10-21-7-6-13-29-25(21)33/h6-7,10,13-14,20,34H,2-5,8-9,11-12,15-19H2,1H3,(H,30,31,35). The summed E-state index contributed by atoms with van der Waals surface area (Å²) in [6.45, 7) is 3.06. The number of carbonyl (C=O) groups is 1. The molecule has 3 aromatic heterocycles. The van der Waals surface area contributed by atoms with Crippen LogP contribution in [-0.2, 0) is 12.0 Å². The minimum absolute atomic E-state index is 0.0366. The van der Waals surface area contributed by atoms with Gasteiger partial charge in [-0.15, -0.1) is 0 Å². The largest absolute Gasteiger partial charge is 0.491 e. The first-order chi connectivity index (χ1) is 18.0. The maximum Gasteiger partial charge on any atom is 0.276 e. The number of aliphatic hydroxyl groups is 1. The van der Waals surface area contributed by atoms with Gasteiger partial charge in [0.15, 0.2) is 5.69 Å². The van der Waals surface area contributed by atoms with Crippen molar-refractivity contribution < 1.29 is 19.7 Å². The molecule has 0 bridgehead atoms. The number of nitrogens with zero attached hydrogens (tertiary/aromatic N) is 5. The van der Waals surface area contributed by atoms with E-state index in [9.17, 15) is 15.0 Å². The molecule has 9 heteroatoms. The minimum atomic E-state index is -0.333. The molecule has 1 amide bonds. The lowest BCUT2D eigenvalue weighted by Gasteiger charge is -2.31. The fourth-order valence-corrected chi connectivity index (χ4v) is 5.50. The average molecular weight is 508 g/mol. The van der Waals surface area contributed by atoms with Gasteiger partial charge in [-0.1, -0.05) is 26.2 Å². The second kappa shape index (κ2) is 11.0. The molecule has 0 saturated heterocycles. The first-order valence-corrected chi connectivity index (χ1v) is 13.6. The Bertz CT molecular complexity index is 1230. The molecule has 0 spiro atoms. The summed E-state index contributed by atoms with van der Waals surface area (Å²) in [5.74, 6) is 0.266. The van der Waals surface area contributed by atoms with Crippen molar-refractivity contribution >= 4 is 16.9 Å². The minimum Gasteiger partial charge on any atom is -0.491 e. The van der Waals surface area contributed by atoms with E-state index in [1.165, 1.54) is 0 Å². The summed E-state index contributed by atoms with van der Waals surface area (Å²) in [6, 6.07) is 6.06. The topological polar surface area (TPSA) is 114 Å². The fraction of sp³-hybridized carbons (Fsp3) is 0.571. The molecule has 0 atom stereocenters. The van der Waals surface area contributed by atoms with Crippen molar-refractivity contribution in [2.24, 2.45) is 5.92 Å². The monoisotopic (exact) mass is 507 g/mol. The van der Waals surface area contributed by atoms with Crippen molar-refractivity contribution in [3.63, 3.8) is 0 Å². The van der Waals surface area contributed by atoms with E-state index in [1.54, 1.807) is 11.1 Å². The molecule has 9 nitrogen and oxygen atoms in total. The highest BCUT2D eigenvalue weighted by molar-refractivity contribution is 5.95. The summed E-state index contributed by atoms with van der Waals surface area (Å²) < 4.78 is 8.09. The van der Waals surface area contributed by atoms with Crippen molar-refractivity contribution in [2.45, 2.75) is 70.3 Å². The first-order valence-electron chi connectivity index (χ1n) is 13.6. The smallest absolute Gasteiger partial charge is 0.276 e. The van der Waals surface area contributed by atoms with Gasteiger partial charge in [-0.25, -0.2) is 9.97 Å². The fourth-order valence-electron chi connectivity index (χ4n) is 5.50. The van der Waals surface area contributed by atoms with Gasteiger partial charge in [0, 0.05) is 37.3 Å². The Hall–Kier alpha value is -3.20. The summed E-state index contributed by atoms with van der Waals surface area (Å²) in [4.78, 5) is 29.1. The van der Waals surface area contributed by atoms with E-state index in [-0.39, 0.29) is 41.9 Å². The molecule has 3 heterocycles. The van der Waals surface area contributed by atoms with Crippen LogP contribution in [0.4, 0.5) is 0 Å². The van der Waals surface area contributed by atoms with Crippen LogP contribution in [-0.4, -0.2) is 66.8 Å². The number of aromatic hydroxyl groups is 1. The van der Waals surface area contributed by atoms with Crippen molar-refractivity contribution in [3.8, 4) is 11.6 Å². The summed E-state index contributed by atoms with van der Waals surface area (Å²) in [5.41, 5.74) is 0.714. The van der Waals surface area contributed by atoms with Crippen LogP contribution in [0, 0.1) is 5.92 Å². The number of hydrogen-bond donors (Lipinski definition) is 2. The molecule has 2 aliphatic rings. The molecular weight excluding hydrogens is 470 g/mol. The van der Waals surface area contributed by atoms with Crippen LogP contribution in [0.3, 0.4) is 0 Å². The number of unbranched alkanes of at least 4 members (excludes halogenated alkanes) is 1. The van der Waals surface area contributed by atoms with Crippen LogP contribution in [0.2, 0.25) is 0 Å². The van der Waals surface area contributed by atoms with E-state index < -0.39 is 0 Å². The van der Waals surface area contributed by atoms with Gasteiger partial charge in [0.05, 0.1) is 18.8 Å². The molecule has 0 aliphatic heterocycles. The average Bonchev–Trinajstić information content (AvgIpc) is 3.41. The van der Waals surface area contributed by atoms with Crippen LogP contribution in [0.15, 0.2) is 30.6 Å². The van der Waals surface area contributed by atoms with Gasteiger partial charge in [-0.2, -0.15) is 4.98 Å². The second-order valence-electron chi connectivity index (χ2n) is 10.5. The number of amides is 1. The van der Waals surface area contributed by atoms with Crippen LogP contribution in [0.5, 0.6) is 11.6 Å². The summed E-state index contributed by atoms with van der Waals surface area (Å²) in [6.07, 6.45) is 12.3. The van der Waals surface area contributed by atoms with E-state index in [1.807, 2.05) is 13.0 Å². The highest BCUT2D eigenvalue weighted by Crippen LogP contribution is 2.42. The van der Waals surface area contributed by atoms with Crippen molar-refractivity contribution in [1.82, 2.24) is 24.4 Å². The molecule has 37 heavy (non-hydrogen) atoms. The van der Waals surface area contributed by atoms with Gasteiger partial charge in [0.2, 0.25) is 5.75 Å². The van der Waals surface area contributed by atoms with Gasteiger partial charge in [-0.05, 0) is 56.2 Å². The number of aliphatic hydroxyl groups excluding tert-OH is 1. The maximum atomic E-state index is 13.7. The van der Waals surface area contributed by atoms with Gasteiger partial charge in [0.25, 0.3) is 11.8 Å². The highest BCUT2D eigenvalue weighted by atomic mass is 16.5. The Morgan fingerprint density at radius 2 is 2.05 bits per heavy atom. The molecule has 2 N–H and O–H groups in total. The molecule has 198 valence electrons. The maximum absolute atomic E-state index is 13.7. The SMILES string of the molecule is CCCCOc1c(O)nc(CC2(n3ccc4cccnc43)CCCC2)nc1C(=O)N(CCO)CC1CC1. The molecule has 0 radical (unpaired) electrons. The number of rotatable bonds is 12. The molecule has 2 saturated carbocycles. The third-order valence-electron chi connectivity index (χ3n) is 7.65. The quantitative estimate of drug-likeness (QED) is 0.355. The number of ether oxygens (including phenoxy) is 1. The Balaban J connectivity index is 1.52. The lowest BCUT2D eigenvalue weighted by molar-refractivity contribution is 0.0700. The Labute approximate surface area is 217 Å². The first kappa shape index (κ1) is 25.4. The number of carbonyl (C=O) groups excluding carboxylic acids is 1. The van der Waals surface area contributed by atoms with Crippen LogP contribution >= 0.6 is 0 Å². The summed E-state index contributed by atoms with van der Waals surface area (Å²) >= 11 is 0. The van der Waals surface area contributed by atoms with E-state index in [2.05, 4.69) is 32.9 Å². The zero-order valence-corrected chi connectivity index (χ0v) is 21.6. The molecule has 2 fully saturated rings. The molecule has 0 unspecified atom stereocenters. The number of pyridine rings is 1. The zero-order valence-electron chi connectivity index (χ0n) is 21.6. The van der Waals surface area contributed by atoms with Crippen LogP contribution in [0.1, 0.15) is 74.6 Å². The molecular formula is C28H37N5O4. The number of hydrogen-bond acceptors (Lipinski definition) is 7. The molecule has 3 aromatic rings. The normalized spacial score (nSPS) is 16.8. The second-order valence-corrected chi connectivity index (χ2v) is 10.5. The van der Waals surface area contributed by atoms with Crippen LogP contribution in [0.25, 0.3) is 11.0 Å². The van der Waals surface area contributed by atoms with Gasteiger partial charge < -0.3 is 24.4 Å². The van der Waals surface area contributed by atoms with Gasteiger partial charge >= 0.3 is 0 Å². The predicted octanol–water partition coefficient (Wildman–Crippen LogP) is 4.07. The number of fused-ring (bicyclic) bond motifs is 1. The van der Waals surface area contributed by atoms with Gasteiger partial charge in [0.1, 0.15) is 11.5 Å². The van der Waals surface area contributed by atoms with E-state index in [0.717, 1.165) is 62.4 Å². The zero-order chi connectivity index (χ0) is 25.8. The molecule has 0 aromatic carbocycles. The Kier molecular flexibility index (Phi) is 7.60. The van der Waals surface area contributed by atoms with E-state index in [0.29, 0.717) is 31.3 Å². The third-order valence-corrected chi connectivity index (χ3v) is 7.65. The lowest BCUT2D eigenvalue weighted by atomic mass is 9.92. The Morgan fingerprint density at radius 3 is 2.78 bits per heavy atom. The van der Waals surface area contributed by atoms with Crippen molar-refractivity contribution in [1.29, 1.82) is 0 Å². The highest BCUT2D eigenvalue weighted by Gasteiger charge is 2.39. The lowest BCUT2D eigenvalue weighted by Crippen LogP contribution is -2.37. The third kappa shape index (κ3) is 5.42. The van der Waals surface area contributed by atoms with Crippen molar-refractivity contribution in [3.05, 3.63) is 42.1 Å². The predicted molar refractivity (Wildman–Crippen MR) is 140 cm³/mol. The van der Waals surface area contributed by atoms with Crippen LogP contribution < -0.4 is 4.74 Å². The summed E-state index contributed by atoms with van der Waals surface area (Å²) in [5, 5.41) is 21.7. The van der Waals surface area contributed by atoms with E-state index in [4.69, 9.17) is 9.72 Å². The molecule has 5 rings (SSSR count). The Morgan fingerprint density at radius 1 is 1.24 bits per heavy atom.